The number of carbonyl (C=O) groups excluding carboxylic acids is 2. The molecule has 0 aliphatic heterocycles. The highest BCUT2D eigenvalue weighted by atomic mass is 32.1. The lowest BCUT2D eigenvalue weighted by Crippen LogP contribution is -2.32. The second-order valence-electron chi connectivity index (χ2n) is 5.63. The van der Waals surface area contributed by atoms with E-state index in [2.05, 4.69) is 10.6 Å². The van der Waals surface area contributed by atoms with Crippen LogP contribution in [0.5, 0.6) is 0 Å². The minimum atomic E-state index is -0.487. The lowest BCUT2D eigenvalue weighted by molar-refractivity contribution is -0.147. The number of anilines is 1. The van der Waals surface area contributed by atoms with Gasteiger partial charge in [0.1, 0.15) is 0 Å². The van der Waals surface area contributed by atoms with Gasteiger partial charge in [-0.25, -0.2) is 0 Å². The summed E-state index contributed by atoms with van der Waals surface area (Å²) in [5.74, 6) is -0.950. The van der Waals surface area contributed by atoms with Crippen molar-refractivity contribution in [3.8, 4) is 0 Å². The predicted octanol–water partition coefficient (Wildman–Crippen LogP) is 3.33. The molecule has 1 aromatic carbocycles. The first-order chi connectivity index (χ1) is 12.5. The van der Waals surface area contributed by atoms with Crippen molar-refractivity contribution in [3.63, 3.8) is 0 Å². The molecule has 3 N–H and O–H groups in total. The number of hydrogen-bond donors (Lipinski definition) is 3. The zero-order valence-corrected chi connectivity index (χ0v) is 15.5. The van der Waals surface area contributed by atoms with Gasteiger partial charge in [-0.05, 0) is 48.4 Å². The van der Waals surface area contributed by atoms with E-state index in [0.29, 0.717) is 11.4 Å². The van der Waals surface area contributed by atoms with Gasteiger partial charge in [-0.2, -0.15) is 11.3 Å². The number of carbonyl (C=O) groups is 2. The summed E-state index contributed by atoms with van der Waals surface area (Å²) < 4.78 is 5.00. The Balaban J connectivity index is 1.91. The van der Waals surface area contributed by atoms with E-state index in [0.717, 1.165) is 11.3 Å². The molecule has 1 heterocycles. The lowest BCUT2D eigenvalue weighted by Gasteiger charge is -2.15. The zero-order valence-electron chi connectivity index (χ0n) is 14.7. The molecule has 6 nitrogen and oxygen atoms in total. The molecule has 7 heteroatoms. The van der Waals surface area contributed by atoms with Crippen molar-refractivity contribution in [2.24, 2.45) is 0 Å². The van der Waals surface area contributed by atoms with E-state index in [4.69, 9.17) is 10.1 Å². The van der Waals surface area contributed by atoms with E-state index in [1.165, 1.54) is 11.3 Å². The third-order valence-electron chi connectivity index (χ3n) is 3.41. The Hall–Kier alpha value is -2.93. The molecule has 0 fully saturated rings. The summed E-state index contributed by atoms with van der Waals surface area (Å²) in [6.07, 6.45) is 0.137. The number of nitrogens with one attached hydrogen (secondary N) is 3. The van der Waals surface area contributed by atoms with Gasteiger partial charge in [-0.15, -0.1) is 0 Å². The van der Waals surface area contributed by atoms with Crippen molar-refractivity contribution in [1.82, 2.24) is 5.32 Å². The highest BCUT2D eigenvalue weighted by molar-refractivity contribution is 7.08. The molecule has 0 radical (unpaired) electrons. The summed E-state index contributed by atoms with van der Waals surface area (Å²) in [6.45, 7) is 2.95. The molecule has 1 amide bonds. The van der Waals surface area contributed by atoms with E-state index in [1.807, 2.05) is 47.2 Å². The highest BCUT2D eigenvalue weighted by Crippen LogP contribution is 2.11. The Morgan fingerprint density at radius 2 is 1.88 bits per heavy atom. The largest absolute Gasteiger partial charge is 0.455 e. The molecular formula is C19H21N3O3S. The van der Waals surface area contributed by atoms with Crippen LogP contribution < -0.4 is 10.6 Å². The third kappa shape index (κ3) is 6.18. The van der Waals surface area contributed by atoms with Gasteiger partial charge in [-0.3, -0.25) is 9.59 Å². The van der Waals surface area contributed by atoms with E-state index < -0.39 is 18.5 Å². The number of rotatable bonds is 8. The van der Waals surface area contributed by atoms with Gasteiger partial charge in [0, 0.05) is 11.4 Å². The predicted molar refractivity (Wildman–Crippen MR) is 103 cm³/mol. The molecule has 136 valence electrons. The average Bonchev–Trinajstić information content (AvgIpc) is 3.11. The lowest BCUT2D eigenvalue weighted by atomic mass is 10.2. The van der Waals surface area contributed by atoms with Crippen molar-refractivity contribution in [2.75, 3.05) is 11.9 Å². The second-order valence-corrected chi connectivity index (χ2v) is 6.41. The Bertz CT molecular complexity index is 799. The normalized spacial score (nSPS) is 11.3. The van der Waals surface area contributed by atoms with Crippen molar-refractivity contribution in [2.45, 2.75) is 20.3 Å². The van der Waals surface area contributed by atoms with E-state index >= 15 is 0 Å². The topological polar surface area (TPSA) is 91.3 Å². The molecule has 2 aromatic rings. The van der Waals surface area contributed by atoms with Crippen molar-refractivity contribution in [3.05, 3.63) is 64.1 Å². The van der Waals surface area contributed by atoms with Crippen LogP contribution in [0.2, 0.25) is 0 Å². The van der Waals surface area contributed by atoms with Crippen LogP contribution in [0.1, 0.15) is 19.4 Å². The summed E-state index contributed by atoms with van der Waals surface area (Å²) in [6, 6.07) is 11.3. The minimum absolute atomic E-state index is 0.137. The van der Waals surface area contributed by atoms with Crippen molar-refractivity contribution in [1.29, 1.82) is 5.41 Å². The Morgan fingerprint density at radius 1 is 1.15 bits per heavy atom. The SMILES string of the molecule is CC(=N)/C(NC(=O)COC(=O)Cc1ccsc1)=C(/C)Nc1ccccc1. The Morgan fingerprint density at radius 3 is 2.50 bits per heavy atom. The van der Waals surface area contributed by atoms with Gasteiger partial charge in [0.2, 0.25) is 0 Å². The monoisotopic (exact) mass is 371 g/mol. The first-order valence-electron chi connectivity index (χ1n) is 8.00. The molecular weight excluding hydrogens is 350 g/mol. The summed E-state index contributed by atoms with van der Waals surface area (Å²) in [7, 11) is 0. The maximum Gasteiger partial charge on any atom is 0.310 e. The van der Waals surface area contributed by atoms with Crippen LogP contribution in [0.25, 0.3) is 0 Å². The minimum Gasteiger partial charge on any atom is -0.455 e. The van der Waals surface area contributed by atoms with Crippen LogP contribution in [-0.2, 0) is 20.7 Å². The number of amides is 1. The summed E-state index contributed by atoms with van der Waals surface area (Å²) in [5.41, 5.74) is 2.89. The number of ether oxygens (including phenoxy) is 1. The van der Waals surface area contributed by atoms with Crippen LogP contribution in [0.3, 0.4) is 0 Å². The fourth-order valence-corrected chi connectivity index (χ4v) is 2.87. The van der Waals surface area contributed by atoms with Crippen LogP contribution in [0.15, 0.2) is 58.6 Å². The maximum absolute atomic E-state index is 12.1. The molecule has 0 saturated carbocycles. The summed E-state index contributed by atoms with van der Waals surface area (Å²) in [4.78, 5) is 23.8. The molecule has 0 spiro atoms. The fraction of sp³-hybridized carbons (Fsp3) is 0.211. The number of para-hydroxylation sites is 1. The molecule has 0 bridgehead atoms. The molecule has 2 rings (SSSR count). The smallest absolute Gasteiger partial charge is 0.310 e. The van der Waals surface area contributed by atoms with Gasteiger partial charge >= 0.3 is 5.97 Å². The summed E-state index contributed by atoms with van der Waals surface area (Å²) in [5, 5.41) is 17.4. The maximum atomic E-state index is 12.1. The van der Waals surface area contributed by atoms with Crippen LogP contribution >= 0.6 is 11.3 Å². The van der Waals surface area contributed by atoms with E-state index in [1.54, 1.807) is 13.8 Å². The van der Waals surface area contributed by atoms with Crippen LogP contribution in [0.4, 0.5) is 5.69 Å². The molecule has 0 atom stereocenters. The molecule has 26 heavy (non-hydrogen) atoms. The second kappa shape index (κ2) is 9.53. The fourth-order valence-electron chi connectivity index (χ4n) is 2.20. The van der Waals surface area contributed by atoms with Gasteiger partial charge in [0.25, 0.3) is 5.91 Å². The third-order valence-corrected chi connectivity index (χ3v) is 4.14. The van der Waals surface area contributed by atoms with Crippen molar-refractivity contribution >= 4 is 34.6 Å². The number of allylic oxidation sites excluding steroid dienone is 2. The Labute approximate surface area is 156 Å². The van der Waals surface area contributed by atoms with Crippen molar-refractivity contribution < 1.29 is 14.3 Å². The molecule has 0 aliphatic rings. The van der Waals surface area contributed by atoms with E-state index in [9.17, 15) is 9.59 Å². The zero-order chi connectivity index (χ0) is 18.9. The summed E-state index contributed by atoms with van der Waals surface area (Å²) >= 11 is 1.50. The highest BCUT2D eigenvalue weighted by Gasteiger charge is 2.13. The van der Waals surface area contributed by atoms with Crippen LogP contribution in [-0.4, -0.2) is 24.2 Å². The number of hydrogen-bond acceptors (Lipinski definition) is 6. The number of benzene rings is 1. The number of esters is 1. The Kier molecular flexibility index (Phi) is 7.11. The first kappa shape index (κ1) is 19.4. The molecule has 0 unspecified atom stereocenters. The van der Waals surface area contributed by atoms with Gasteiger partial charge in [0.15, 0.2) is 6.61 Å². The average molecular weight is 371 g/mol. The molecule has 1 aromatic heterocycles. The van der Waals surface area contributed by atoms with Gasteiger partial charge < -0.3 is 20.8 Å². The van der Waals surface area contributed by atoms with E-state index in [-0.39, 0.29) is 12.1 Å². The standard InChI is InChI=1S/C19H21N3O3S/c1-13(20)19(14(2)21-16-6-4-3-5-7-16)22-17(23)11-25-18(24)10-15-8-9-26-12-15/h3-9,12,20-21H,10-11H2,1-2H3,(H,22,23)/b19-14+,20-13?. The number of thiophene rings is 1. The molecule has 0 saturated heterocycles. The molecule has 0 aliphatic carbocycles. The van der Waals surface area contributed by atoms with Crippen LogP contribution in [0, 0.1) is 5.41 Å². The van der Waals surface area contributed by atoms with Gasteiger partial charge in [-0.1, -0.05) is 18.2 Å². The first-order valence-corrected chi connectivity index (χ1v) is 8.95. The quantitative estimate of drug-likeness (QED) is 0.490. The van der Waals surface area contributed by atoms with Gasteiger partial charge in [0.05, 0.1) is 17.8 Å².